The van der Waals surface area contributed by atoms with Crippen molar-refractivity contribution in [3.05, 3.63) is 95.6 Å². The van der Waals surface area contributed by atoms with Gasteiger partial charge in [-0.2, -0.15) is 5.26 Å². The van der Waals surface area contributed by atoms with Gasteiger partial charge < -0.3 is 19.4 Å². The molecule has 1 atom stereocenters. The molecule has 0 aliphatic heterocycles. The molecule has 3 aromatic carbocycles. The predicted molar refractivity (Wildman–Crippen MR) is 128 cm³/mol. The lowest BCUT2D eigenvalue weighted by Gasteiger charge is -2.13. The molecule has 0 aliphatic rings. The topological polar surface area (TPSA) is 101 Å². The van der Waals surface area contributed by atoms with E-state index in [-0.39, 0.29) is 25.4 Å². The smallest absolute Gasteiger partial charge is 0.303 e. The van der Waals surface area contributed by atoms with Gasteiger partial charge in [0.25, 0.3) is 0 Å². The first-order chi connectivity index (χ1) is 16.6. The highest BCUT2D eigenvalue weighted by Crippen LogP contribution is 2.26. The van der Waals surface area contributed by atoms with Gasteiger partial charge in [0.2, 0.25) is 0 Å². The lowest BCUT2D eigenvalue weighted by atomic mass is 9.93. The first-order valence-corrected chi connectivity index (χ1v) is 10.8. The van der Waals surface area contributed by atoms with E-state index in [0.29, 0.717) is 23.8 Å². The van der Waals surface area contributed by atoms with Crippen LogP contribution in [0.15, 0.2) is 84.0 Å². The molecular formula is C27H26N2O5. The molecule has 0 saturated carbocycles. The van der Waals surface area contributed by atoms with E-state index in [0.717, 1.165) is 16.7 Å². The summed E-state index contributed by atoms with van der Waals surface area (Å²) < 4.78 is 11.7. The summed E-state index contributed by atoms with van der Waals surface area (Å²) in [7, 11) is 1.51. The number of hydrogen-bond acceptors (Lipinski definition) is 6. The molecule has 0 aliphatic carbocycles. The summed E-state index contributed by atoms with van der Waals surface area (Å²) in [6, 6.07) is 26.5. The summed E-state index contributed by atoms with van der Waals surface area (Å²) in [5.74, 6) is 0.115. The van der Waals surface area contributed by atoms with Crippen molar-refractivity contribution in [1.82, 2.24) is 0 Å². The summed E-state index contributed by atoms with van der Waals surface area (Å²) >= 11 is 0. The summed E-state index contributed by atoms with van der Waals surface area (Å²) in [4.78, 5) is 16.0. The summed E-state index contributed by atoms with van der Waals surface area (Å²) in [6.45, 7) is 0.644. The lowest BCUT2D eigenvalue weighted by Crippen LogP contribution is -2.13. The molecule has 0 amide bonds. The molecule has 1 N–H and O–H groups in total. The average molecular weight is 459 g/mol. The van der Waals surface area contributed by atoms with Gasteiger partial charge in [0.05, 0.1) is 12.5 Å². The molecule has 0 spiro atoms. The van der Waals surface area contributed by atoms with Crippen molar-refractivity contribution in [3.63, 3.8) is 0 Å². The predicted octanol–water partition coefficient (Wildman–Crippen LogP) is 5.17. The Morgan fingerprint density at radius 3 is 2.24 bits per heavy atom. The maximum atomic E-state index is 11.0. The van der Waals surface area contributed by atoms with Crippen LogP contribution in [0, 0.1) is 11.3 Å². The van der Waals surface area contributed by atoms with Crippen LogP contribution in [-0.4, -0.2) is 30.5 Å². The number of carboxylic acid groups (broad SMARTS) is 1. The van der Waals surface area contributed by atoms with Gasteiger partial charge in [-0.05, 0) is 35.4 Å². The first-order valence-electron chi connectivity index (χ1n) is 10.8. The molecular weight excluding hydrogens is 432 g/mol. The van der Waals surface area contributed by atoms with Crippen LogP contribution in [0.2, 0.25) is 0 Å². The number of benzene rings is 3. The Bertz CT molecular complexity index is 1120. The van der Waals surface area contributed by atoms with Crippen molar-refractivity contribution in [1.29, 1.82) is 5.26 Å². The Kier molecular flexibility index (Phi) is 9.06. The van der Waals surface area contributed by atoms with Gasteiger partial charge in [-0.15, -0.1) is 0 Å². The van der Waals surface area contributed by atoms with E-state index < -0.39 is 5.97 Å². The van der Waals surface area contributed by atoms with Gasteiger partial charge in [-0.25, -0.2) is 0 Å². The zero-order chi connectivity index (χ0) is 24.2. The minimum atomic E-state index is -0.921. The Morgan fingerprint density at radius 1 is 0.971 bits per heavy atom. The maximum Gasteiger partial charge on any atom is 0.303 e. The number of ether oxygens (including phenoxy) is 2. The average Bonchev–Trinajstić information content (AvgIpc) is 2.86. The third-order valence-corrected chi connectivity index (χ3v) is 5.12. The van der Waals surface area contributed by atoms with E-state index in [2.05, 4.69) is 5.16 Å². The zero-order valence-electron chi connectivity index (χ0n) is 18.9. The number of hydrogen-bond donors (Lipinski definition) is 1. The second-order valence-corrected chi connectivity index (χ2v) is 7.53. The van der Waals surface area contributed by atoms with Crippen LogP contribution in [0.5, 0.6) is 11.5 Å². The summed E-state index contributed by atoms with van der Waals surface area (Å²) in [5.41, 5.74) is 3.41. The largest absolute Gasteiger partial charge is 0.489 e. The van der Waals surface area contributed by atoms with Crippen LogP contribution in [-0.2, 0) is 16.2 Å². The number of carbonyl (C=O) groups is 1. The standard InChI is InChI=1S/C27H26N2O5/c1-32-29-26(22-5-3-2-4-6-22)19-34-24-11-7-20(8-12-24)18-33-25-13-9-21(10-14-25)23(15-16-28)17-27(30)31/h2-14,23H,15,17-19H2,1H3,(H,30,31). The van der Waals surface area contributed by atoms with E-state index in [1.807, 2.05) is 72.8 Å². The monoisotopic (exact) mass is 458 g/mol. The highest BCUT2D eigenvalue weighted by Gasteiger charge is 2.15. The molecule has 0 heterocycles. The maximum absolute atomic E-state index is 11.0. The molecule has 3 rings (SSSR count). The van der Waals surface area contributed by atoms with Crippen LogP contribution in [0.4, 0.5) is 0 Å². The number of aliphatic carboxylic acids is 1. The molecule has 0 aromatic heterocycles. The molecule has 1 unspecified atom stereocenters. The van der Waals surface area contributed by atoms with Gasteiger partial charge in [0.1, 0.15) is 37.5 Å². The van der Waals surface area contributed by atoms with Crippen molar-refractivity contribution in [2.45, 2.75) is 25.4 Å². The Hall–Kier alpha value is -4.31. The molecule has 0 fully saturated rings. The SMILES string of the molecule is CON=C(COc1ccc(COc2ccc(C(CC#N)CC(=O)O)cc2)cc1)c1ccccc1. The van der Waals surface area contributed by atoms with Crippen molar-refractivity contribution >= 4 is 11.7 Å². The third-order valence-electron chi connectivity index (χ3n) is 5.12. The Morgan fingerprint density at radius 2 is 1.62 bits per heavy atom. The van der Waals surface area contributed by atoms with Crippen molar-refractivity contribution < 1.29 is 24.2 Å². The molecule has 0 saturated heterocycles. The molecule has 0 bridgehead atoms. The zero-order valence-corrected chi connectivity index (χ0v) is 18.9. The number of oxime groups is 1. The number of rotatable bonds is 12. The van der Waals surface area contributed by atoms with Gasteiger partial charge in [0.15, 0.2) is 0 Å². The van der Waals surface area contributed by atoms with Gasteiger partial charge in [0, 0.05) is 17.9 Å². The quantitative estimate of drug-likeness (QED) is 0.297. The van der Waals surface area contributed by atoms with E-state index in [4.69, 9.17) is 24.7 Å². The Labute approximate surface area is 198 Å². The molecule has 7 nitrogen and oxygen atoms in total. The van der Waals surface area contributed by atoms with Gasteiger partial charge in [-0.1, -0.05) is 59.8 Å². The Balaban J connectivity index is 1.53. The normalized spacial score (nSPS) is 11.8. The summed E-state index contributed by atoms with van der Waals surface area (Å²) in [6.07, 6.45) is 0.0808. The highest BCUT2D eigenvalue weighted by molar-refractivity contribution is 6.01. The van der Waals surface area contributed by atoms with E-state index in [1.165, 1.54) is 7.11 Å². The second-order valence-electron chi connectivity index (χ2n) is 7.53. The fourth-order valence-electron chi connectivity index (χ4n) is 3.37. The number of carboxylic acids is 1. The highest BCUT2D eigenvalue weighted by atomic mass is 16.6. The van der Waals surface area contributed by atoms with Crippen molar-refractivity contribution in [2.24, 2.45) is 5.16 Å². The fourth-order valence-corrected chi connectivity index (χ4v) is 3.37. The van der Waals surface area contributed by atoms with Gasteiger partial charge >= 0.3 is 5.97 Å². The third kappa shape index (κ3) is 7.38. The number of nitriles is 1. The van der Waals surface area contributed by atoms with Crippen LogP contribution in [0.1, 0.15) is 35.4 Å². The van der Waals surface area contributed by atoms with E-state index in [1.54, 1.807) is 12.1 Å². The number of nitrogens with zero attached hydrogens (tertiary/aromatic N) is 2. The van der Waals surface area contributed by atoms with E-state index in [9.17, 15) is 4.79 Å². The minimum absolute atomic E-state index is 0.0770. The molecule has 3 aromatic rings. The van der Waals surface area contributed by atoms with Crippen molar-refractivity contribution in [3.8, 4) is 17.6 Å². The minimum Gasteiger partial charge on any atom is -0.489 e. The van der Waals surface area contributed by atoms with Crippen LogP contribution >= 0.6 is 0 Å². The van der Waals surface area contributed by atoms with Crippen molar-refractivity contribution in [2.75, 3.05) is 13.7 Å². The molecule has 34 heavy (non-hydrogen) atoms. The van der Waals surface area contributed by atoms with E-state index >= 15 is 0 Å². The molecule has 0 radical (unpaired) electrons. The molecule has 7 heteroatoms. The van der Waals surface area contributed by atoms with Crippen LogP contribution in [0.3, 0.4) is 0 Å². The van der Waals surface area contributed by atoms with Crippen LogP contribution < -0.4 is 9.47 Å². The first kappa shape index (κ1) is 24.3. The van der Waals surface area contributed by atoms with Gasteiger partial charge in [-0.3, -0.25) is 4.79 Å². The molecule has 174 valence electrons. The second kappa shape index (κ2) is 12.7. The van der Waals surface area contributed by atoms with Crippen LogP contribution in [0.25, 0.3) is 0 Å². The lowest BCUT2D eigenvalue weighted by molar-refractivity contribution is -0.137. The fraction of sp³-hybridized carbons (Fsp3) is 0.222. The summed E-state index contributed by atoms with van der Waals surface area (Å²) in [5, 5.41) is 22.0.